The van der Waals surface area contributed by atoms with Crippen LogP contribution < -0.4 is 10.6 Å². The van der Waals surface area contributed by atoms with E-state index in [0.717, 1.165) is 24.0 Å². The molecule has 56 heavy (non-hydrogen) atoms. The lowest BCUT2D eigenvalue weighted by Crippen LogP contribution is -2.48. The lowest BCUT2D eigenvalue weighted by atomic mass is 9.81. The number of benzene rings is 4. The summed E-state index contributed by atoms with van der Waals surface area (Å²) in [4.78, 5) is 58.9. The van der Waals surface area contributed by atoms with Crippen LogP contribution in [0.4, 0.5) is 20.2 Å². The van der Waals surface area contributed by atoms with Crippen molar-refractivity contribution in [2.75, 3.05) is 23.8 Å². The van der Waals surface area contributed by atoms with Crippen molar-refractivity contribution in [3.8, 4) is 0 Å². The molecule has 2 aliphatic rings. The first-order valence-corrected chi connectivity index (χ1v) is 19.2. The van der Waals surface area contributed by atoms with E-state index in [1.165, 1.54) is 48.5 Å². The first kappa shape index (κ1) is 40.2. The average Bonchev–Trinajstić information content (AvgIpc) is 3.71. The zero-order valence-corrected chi connectivity index (χ0v) is 32.0. The van der Waals surface area contributed by atoms with Crippen LogP contribution in [0.5, 0.6) is 0 Å². The molecule has 2 amide bonds. The predicted molar refractivity (Wildman–Crippen MR) is 208 cm³/mol. The number of aryl methyl sites for hydroxylation is 2. The Bertz CT molecular complexity index is 1990. The highest BCUT2D eigenvalue weighted by atomic mass is 19.1. The van der Waals surface area contributed by atoms with Gasteiger partial charge in [0.05, 0.1) is 31.2 Å². The van der Waals surface area contributed by atoms with Gasteiger partial charge in [0.15, 0.2) is 0 Å². The number of unbranched alkanes of at least 4 members (excludes halogenated alkanes) is 2. The largest absolute Gasteiger partial charge is 0.465 e. The molecule has 2 heterocycles. The number of esters is 2. The van der Waals surface area contributed by atoms with Gasteiger partial charge in [-0.2, -0.15) is 0 Å². The standard InChI is InChI=1S/C44H48F2N4O6/c1-5-7-25-55-43(53)36-38(30-15-11-28(4)12-16-30)50-40(44(54)56-26-8-6-2)35(41(51)47-33-21-17-31(45)18-22-33)37(29-13-9-27(3)10-14-29)49(50)39(36)42(52)48-34-23-19-32(46)20-24-34/h9-24,35-40H,5-8,25-26H2,1-4H3,(H,47,51)(H,48,52)/t35-,36-,37+,38-,39+,40+/m0/s1. The van der Waals surface area contributed by atoms with Gasteiger partial charge in [0.25, 0.3) is 0 Å². The normalized spacial score (nSPS) is 22.0. The maximum atomic E-state index is 14.9. The van der Waals surface area contributed by atoms with E-state index in [4.69, 9.17) is 9.47 Å². The molecule has 0 aliphatic carbocycles. The van der Waals surface area contributed by atoms with E-state index in [-0.39, 0.29) is 18.9 Å². The minimum absolute atomic E-state index is 0.0906. The fourth-order valence-corrected chi connectivity index (χ4v) is 7.58. The summed E-state index contributed by atoms with van der Waals surface area (Å²) in [6.45, 7) is 7.98. The molecule has 0 saturated carbocycles. The van der Waals surface area contributed by atoms with Crippen LogP contribution in [0.25, 0.3) is 0 Å². The Hall–Kier alpha value is -5.46. The van der Waals surface area contributed by atoms with Crippen molar-refractivity contribution >= 4 is 35.1 Å². The smallest absolute Gasteiger partial charge is 0.325 e. The molecular weight excluding hydrogens is 719 g/mol. The van der Waals surface area contributed by atoms with Gasteiger partial charge >= 0.3 is 11.9 Å². The Labute approximate surface area is 326 Å². The molecular formula is C44H48F2N4O6. The zero-order valence-electron chi connectivity index (χ0n) is 32.0. The number of amides is 2. The third-order valence-corrected chi connectivity index (χ3v) is 10.4. The number of hydrogen-bond donors (Lipinski definition) is 2. The van der Waals surface area contributed by atoms with Gasteiger partial charge in [-0.05, 0) is 86.3 Å². The van der Waals surface area contributed by atoms with Crippen LogP contribution in [0.3, 0.4) is 0 Å². The number of rotatable bonds is 14. The van der Waals surface area contributed by atoms with E-state index in [0.29, 0.717) is 29.7 Å². The Morgan fingerprint density at radius 3 is 1.43 bits per heavy atom. The predicted octanol–water partition coefficient (Wildman–Crippen LogP) is 7.84. The van der Waals surface area contributed by atoms with Gasteiger partial charge < -0.3 is 20.1 Å². The van der Waals surface area contributed by atoms with Crippen LogP contribution in [0, 0.1) is 37.3 Å². The number of carbonyl (C=O) groups is 4. The Morgan fingerprint density at radius 1 is 0.554 bits per heavy atom. The molecule has 10 nitrogen and oxygen atoms in total. The fourth-order valence-electron chi connectivity index (χ4n) is 7.58. The van der Waals surface area contributed by atoms with Gasteiger partial charge in [-0.15, -0.1) is 0 Å². The number of halogens is 2. The minimum Gasteiger partial charge on any atom is -0.465 e. The molecule has 0 aromatic heterocycles. The van der Waals surface area contributed by atoms with Crippen LogP contribution in [-0.2, 0) is 28.7 Å². The van der Waals surface area contributed by atoms with Gasteiger partial charge in [-0.1, -0.05) is 86.3 Å². The summed E-state index contributed by atoms with van der Waals surface area (Å²) < 4.78 is 39.8. The highest BCUT2D eigenvalue weighted by molar-refractivity contribution is 6.01. The summed E-state index contributed by atoms with van der Waals surface area (Å²) in [5.41, 5.74) is 3.69. The van der Waals surface area contributed by atoms with E-state index >= 15 is 0 Å². The first-order valence-electron chi connectivity index (χ1n) is 19.2. The van der Waals surface area contributed by atoms with Gasteiger partial charge in [0.2, 0.25) is 11.8 Å². The molecule has 2 fully saturated rings. The Balaban J connectivity index is 1.59. The first-order chi connectivity index (χ1) is 27.0. The number of hydrogen-bond acceptors (Lipinski definition) is 8. The summed E-state index contributed by atoms with van der Waals surface area (Å²) in [5.74, 6) is -5.93. The van der Waals surface area contributed by atoms with Crippen LogP contribution >= 0.6 is 0 Å². The van der Waals surface area contributed by atoms with Crippen LogP contribution in [0.1, 0.15) is 73.9 Å². The van der Waals surface area contributed by atoms with E-state index < -0.39 is 71.4 Å². The molecule has 2 N–H and O–H groups in total. The third-order valence-electron chi connectivity index (χ3n) is 10.4. The third kappa shape index (κ3) is 8.66. The van der Waals surface area contributed by atoms with Crippen molar-refractivity contribution in [1.29, 1.82) is 0 Å². The molecule has 12 heteroatoms. The van der Waals surface area contributed by atoms with Crippen molar-refractivity contribution in [3.05, 3.63) is 131 Å². The van der Waals surface area contributed by atoms with Crippen molar-refractivity contribution in [2.24, 2.45) is 11.8 Å². The number of fused-ring (bicyclic) bond motifs is 1. The molecule has 4 aromatic carbocycles. The Kier molecular flexibility index (Phi) is 12.9. The number of carbonyl (C=O) groups excluding carboxylic acids is 4. The summed E-state index contributed by atoms with van der Waals surface area (Å²) in [7, 11) is 0. The summed E-state index contributed by atoms with van der Waals surface area (Å²) in [5, 5.41) is 9.13. The second-order valence-electron chi connectivity index (χ2n) is 14.4. The number of nitrogens with zero attached hydrogens (tertiary/aromatic N) is 2. The Morgan fingerprint density at radius 2 is 0.964 bits per heavy atom. The second-order valence-corrected chi connectivity index (χ2v) is 14.4. The minimum atomic E-state index is -1.33. The molecule has 0 bridgehead atoms. The lowest BCUT2D eigenvalue weighted by Gasteiger charge is -2.33. The van der Waals surface area contributed by atoms with Crippen LogP contribution in [-0.4, -0.2) is 59.1 Å². The molecule has 0 spiro atoms. The van der Waals surface area contributed by atoms with Crippen molar-refractivity contribution in [2.45, 2.75) is 77.5 Å². The molecule has 0 unspecified atom stereocenters. The number of ether oxygens (including phenoxy) is 2. The number of anilines is 2. The van der Waals surface area contributed by atoms with E-state index in [1.807, 2.05) is 76.2 Å². The summed E-state index contributed by atoms with van der Waals surface area (Å²) in [6, 6.07) is 20.8. The van der Waals surface area contributed by atoms with Gasteiger partial charge in [-0.3, -0.25) is 19.2 Å². The van der Waals surface area contributed by atoms with E-state index in [2.05, 4.69) is 10.6 Å². The highest BCUT2D eigenvalue weighted by Gasteiger charge is 2.68. The highest BCUT2D eigenvalue weighted by Crippen LogP contribution is 2.56. The van der Waals surface area contributed by atoms with Crippen molar-refractivity contribution < 1.29 is 37.4 Å². The zero-order chi connectivity index (χ0) is 39.9. The molecule has 0 radical (unpaired) electrons. The SMILES string of the molecule is CCCCOC(=O)[C@@H]1[C@H](C(=O)Nc2ccc(F)cc2)N2[C@H](c3ccc(C)cc3)[C@H](C(=O)Nc3ccc(F)cc3)[C@H](C(=O)OCCCC)N2[C@H]1c1ccc(C)cc1. The van der Waals surface area contributed by atoms with E-state index in [1.54, 1.807) is 10.0 Å². The van der Waals surface area contributed by atoms with E-state index in [9.17, 15) is 28.0 Å². The maximum Gasteiger partial charge on any atom is 0.325 e. The molecule has 6 rings (SSSR count). The number of hydrazine groups is 1. The molecule has 2 aliphatic heterocycles. The quantitative estimate of drug-likeness (QED) is 0.0986. The average molecular weight is 767 g/mol. The summed E-state index contributed by atoms with van der Waals surface area (Å²) >= 11 is 0. The molecule has 2 saturated heterocycles. The molecule has 6 atom stereocenters. The van der Waals surface area contributed by atoms with Crippen molar-refractivity contribution in [3.63, 3.8) is 0 Å². The second kappa shape index (κ2) is 18.0. The van der Waals surface area contributed by atoms with Gasteiger partial charge in [-0.25, -0.2) is 18.8 Å². The van der Waals surface area contributed by atoms with Crippen molar-refractivity contribution in [1.82, 2.24) is 10.0 Å². The maximum absolute atomic E-state index is 14.9. The fraction of sp³-hybridized carbons (Fsp3) is 0.364. The topological polar surface area (TPSA) is 117 Å². The lowest BCUT2D eigenvalue weighted by molar-refractivity contribution is -0.158. The monoisotopic (exact) mass is 766 g/mol. The van der Waals surface area contributed by atoms with Gasteiger partial charge in [0, 0.05) is 11.4 Å². The van der Waals surface area contributed by atoms with Crippen LogP contribution in [0.2, 0.25) is 0 Å². The summed E-state index contributed by atoms with van der Waals surface area (Å²) in [6.07, 6.45) is 2.68. The van der Waals surface area contributed by atoms with Crippen LogP contribution in [0.15, 0.2) is 97.1 Å². The number of nitrogens with one attached hydrogen (secondary N) is 2. The molecule has 4 aromatic rings. The van der Waals surface area contributed by atoms with Gasteiger partial charge in [0.1, 0.15) is 29.6 Å². The molecule has 294 valence electrons.